The number of nitrogens with one attached hydrogen (secondary N) is 1. The molecule has 0 amide bonds. The van der Waals surface area contributed by atoms with Gasteiger partial charge in [0.1, 0.15) is 0 Å². The predicted octanol–water partition coefficient (Wildman–Crippen LogP) is 5.26. The van der Waals surface area contributed by atoms with E-state index in [0.717, 1.165) is 29.3 Å². The molecule has 5 heteroatoms. The van der Waals surface area contributed by atoms with Crippen LogP contribution < -0.4 is 0 Å². The summed E-state index contributed by atoms with van der Waals surface area (Å²) in [6.07, 6.45) is 9.66. The third kappa shape index (κ3) is 2.17. The minimum absolute atomic E-state index is 0.00716. The monoisotopic (exact) mass is 338 g/mol. The average Bonchev–Trinajstić information content (AvgIpc) is 3.23. The number of rotatable bonds is 3. The molecule has 1 heterocycles. The fraction of sp³-hybridized carbons (Fsp3) is 0.588. The van der Waals surface area contributed by atoms with E-state index in [2.05, 4.69) is 10.2 Å². The Kier molecular flexibility index (Phi) is 3.63. The fourth-order valence-electron chi connectivity index (χ4n) is 4.33. The van der Waals surface area contributed by atoms with E-state index in [0.29, 0.717) is 16.0 Å². The molecule has 118 valence electrons. The molecule has 4 rings (SSSR count). The third-order valence-corrected chi connectivity index (χ3v) is 6.53. The molecule has 1 aromatic heterocycles. The van der Waals surface area contributed by atoms with Crippen LogP contribution in [0.2, 0.25) is 10.0 Å². The summed E-state index contributed by atoms with van der Waals surface area (Å²) in [7, 11) is 0. The van der Waals surface area contributed by atoms with Crippen LogP contribution in [0.5, 0.6) is 0 Å². The van der Waals surface area contributed by atoms with Crippen LogP contribution >= 0.6 is 23.2 Å². The zero-order valence-corrected chi connectivity index (χ0v) is 13.9. The zero-order chi connectivity index (χ0) is 15.3. The summed E-state index contributed by atoms with van der Waals surface area (Å²) in [5.74, 6) is 0.601. The first-order valence-corrected chi connectivity index (χ1v) is 8.88. The number of H-pyrrole nitrogens is 1. The lowest BCUT2D eigenvalue weighted by Crippen LogP contribution is -2.26. The lowest BCUT2D eigenvalue weighted by atomic mass is 9.73. The van der Waals surface area contributed by atoms with Crippen molar-refractivity contribution in [3.63, 3.8) is 0 Å². The molecule has 2 fully saturated rings. The molecule has 1 atom stereocenters. The van der Waals surface area contributed by atoms with Crippen molar-refractivity contribution >= 4 is 34.1 Å². The summed E-state index contributed by atoms with van der Waals surface area (Å²) in [6.45, 7) is 0. The number of aliphatic hydroxyl groups is 1. The highest BCUT2D eigenvalue weighted by Crippen LogP contribution is 2.64. The van der Waals surface area contributed by atoms with Crippen molar-refractivity contribution in [2.75, 3.05) is 0 Å². The van der Waals surface area contributed by atoms with Crippen LogP contribution in [0.25, 0.3) is 10.9 Å². The highest BCUT2D eigenvalue weighted by molar-refractivity contribution is 6.43. The van der Waals surface area contributed by atoms with E-state index in [1.807, 2.05) is 0 Å². The van der Waals surface area contributed by atoms with Crippen LogP contribution in [0, 0.1) is 11.3 Å². The number of hydrogen-bond donors (Lipinski definition) is 2. The number of aromatic nitrogens is 2. The van der Waals surface area contributed by atoms with Crippen LogP contribution in [-0.4, -0.2) is 15.3 Å². The molecule has 22 heavy (non-hydrogen) atoms. The molecule has 2 saturated carbocycles. The van der Waals surface area contributed by atoms with Crippen molar-refractivity contribution in [3.8, 4) is 0 Å². The topological polar surface area (TPSA) is 48.9 Å². The van der Waals surface area contributed by atoms with Crippen LogP contribution in [-0.2, 0) is 0 Å². The zero-order valence-electron chi connectivity index (χ0n) is 12.4. The van der Waals surface area contributed by atoms with Gasteiger partial charge >= 0.3 is 0 Å². The van der Waals surface area contributed by atoms with Crippen molar-refractivity contribution in [1.29, 1.82) is 0 Å². The highest BCUT2D eigenvalue weighted by Gasteiger charge is 2.55. The molecule has 1 unspecified atom stereocenters. The maximum absolute atomic E-state index is 11.2. The predicted molar refractivity (Wildman–Crippen MR) is 89.3 cm³/mol. The van der Waals surface area contributed by atoms with Gasteiger partial charge < -0.3 is 5.11 Å². The first-order chi connectivity index (χ1) is 10.6. The van der Waals surface area contributed by atoms with Crippen molar-refractivity contribution in [2.24, 2.45) is 11.3 Å². The van der Waals surface area contributed by atoms with Gasteiger partial charge in [-0.15, -0.1) is 0 Å². The van der Waals surface area contributed by atoms with Gasteiger partial charge in [-0.25, -0.2) is 0 Å². The molecule has 0 spiro atoms. The minimum Gasteiger partial charge on any atom is -0.388 e. The molecule has 2 aliphatic carbocycles. The molecule has 2 aromatic rings. The lowest BCUT2D eigenvalue weighted by molar-refractivity contribution is 0.0398. The first kappa shape index (κ1) is 14.8. The van der Waals surface area contributed by atoms with Gasteiger partial charge in [-0.3, -0.25) is 5.10 Å². The molecule has 0 bridgehead atoms. The summed E-state index contributed by atoms with van der Waals surface area (Å²) in [5, 5.41) is 20.1. The van der Waals surface area contributed by atoms with Gasteiger partial charge in [0.25, 0.3) is 0 Å². The lowest BCUT2D eigenvalue weighted by Gasteiger charge is -2.34. The maximum Gasteiger partial charge on any atom is 0.0884 e. The number of nitrogens with zero attached hydrogens (tertiary/aromatic N) is 1. The second kappa shape index (κ2) is 5.40. The highest BCUT2D eigenvalue weighted by atomic mass is 35.5. The molecule has 0 saturated heterocycles. The second-order valence-corrected chi connectivity index (χ2v) is 7.68. The SMILES string of the molecule is OC(c1c(Cl)c(Cl)cc2cn[nH]c12)C1(C2CCCCC2)CC1. The fourth-order valence-corrected chi connectivity index (χ4v) is 4.80. The molecule has 0 radical (unpaired) electrons. The molecular weight excluding hydrogens is 319 g/mol. The van der Waals surface area contributed by atoms with E-state index in [1.165, 1.54) is 32.1 Å². The molecule has 2 N–H and O–H groups in total. The number of halogens is 2. The third-order valence-electron chi connectivity index (χ3n) is 5.73. The minimum atomic E-state index is -0.565. The molecule has 0 aliphatic heterocycles. The van der Waals surface area contributed by atoms with Crippen LogP contribution in [0.15, 0.2) is 12.3 Å². The van der Waals surface area contributed by atoms with Gasteiger partial charge in [0.05, 0.1) is 27.9 Å². The summed E-state index contributed by atoms with van der Waals surface area (Å²) >= 11 is 12.7. The molecule has 3 nitrogen and oxygen atoms in total. The van der Waals surface area contributed by atoms with E-state index < -0.39 is 6.10 Å². The number of hydrogen-bond acceptors (Lipinski definition) is 2. The van der Waals surface area contributed by atoms with Gasteiger partial charge in [0.15, 0.2) is 0 Å². The average molecular weight is 339 g/mol. The van der Waals surface area contributed by atoms with E-state index in [1.54, 1.807) is 12.3 Å². The Morgan fingerprint density at radius 3 is 2.64 bits per heavy atom. The van der Waals surface area contributed by atoms with Crippen molar-refractivity contribution in [2.45, 2.75) is 51.0 Å². The number of aromatic amines is 1. The largest absolute Gasteiger partial charge is 0.388 e. The summed E-state index contributed by atoms with van der Waals surface area (Å²) in [6, 6.07) is 1.80. The molecule has 2 aliphatic rings. The van der Waals surface area contributed by atoms with Crippen LogP contribution in [0.1, 0.15) is 56.6 Å². The number of fused-ring (bicyclic) bond motifs is 1. The Labute approximate surface area is 140 Å². The van der Waals surface area contributed by atoms with E-state index in [4.69, 9.17) is 23.2 Å². The van der Waals surface area contributed by atoms with Gasteiger partial charge in [0, 0.05) is 16.4 Å². The smallest absolute Gasteiger partial charge is 0.0884 e. The van der Waals surface area contributed by atoms with Crippen molar-refractivity contribution in [3.05, 3.63) is 27.9 Å². The van der Waals surface area contributed by atoms with Crippen molar-refractivity contribution in [1.82, 2.24) is 10.2 Å². The Hall–Kier alpha value is -0.770. The number of aliphatic hydroxyl groups excluding tert-OH is 1. The standard InChI is InChI=1S/C17H20Cl2N2O/c18-12-8-10-9-20-21-15(10)13(14(12)19)16(22)17(6-7-17)11-4-2-1-3-5-11/h8-9,11,16,22H,1-7H2,(H,20,21). The van der Waals surface area contributed by atoms with Crippen LogP contribution in [0.4, 0.5) is 0 Å². The quantitative estimate of drug-likeness (QED) is 0.801. The van der Waals surface area contributed by atoms with Crippen molar-refractivity contribution < 1.29 is 5.11 Å². The number of benzene rings is 1. The Balaban J connectivity index is 1.78. The van der Waals surface area contributed by atoms with Gasteiger partial charge in [-0.1, -0.05) is 42.5 Å². The van der Waals surface area contributed by atoms with E-state index in [-0.39, 0.29) is 5.41 Å². The maximum atomic E-state index is 11.2. The van der Waals surface area contributed by atoms with Gasteiger partial charge in [-0.05, 0) is 37.7 Å². The molecule has 1 aromatic carbocycles. The van der Waals surface area contributed by atoms with E-state index >= 15 is 0 Å². The summed E-state index contributed by atoms with van der Waals surface area (Å²) in [5.41, 5.74) is 1.56. The first-order valence-electron chi connectivity index (χ1n) is 8.12. The molecular formula is C17H20Cl2N2O. The van der Waals surface area contributed by atoms with E-state index in [9.17, 15) is 5.11 Å². The van der Waals surface area contributed by atoms with Gasteiger partial charge in [-0.2, -0.15) is 5.10 Å². The second-order valence-electron chi connectivity index (χ2n) is 6.89. The Morgan fingerprint density at radius 2 is 1.95 bits per heavy atom. The Bertz CT molecular complexity index is 702. The summed E-state index contributed by atoms with van der Waals surface area (Å²) < 4.78 is 0. The van der Waals surface area contributed by atoms with Crippen LogP contribution in [0.3, 0.4) is 0 Å². The Morgan fingerprint density at radius 1 is 1.23 bits per heavy atom. The normalized spacial score (nSPS) is 22.9. The summed E-state index contributed by atoms with van der Waals surface area (Å²) in [4.78, 5) is 0. The van der Waals surface area contributed by atoms with Gasteiger partial charge in [0.2, 0.25) is 0 Å².